The number of rotatable bonds is 9. The highest BCUT2D eigenvalue weighted by Gasteiger charge is 2.28. The van der Waals surface area contributed by atoms with Gasteiger partial charge in [-0.25, -0.2) is 9.59 Å². The van der Waals surface area contributed by atoms with Crippen molar-refractivity contribution in [1.82, 2.24) is 10.6 Å². The number of nitrogens with one attached hydrogen (secondary N) is 2. The molecule has 36 heavy (non-hydrogen) atoms. The van der Waals surface area contributed by atoms with Gasteiger partial charge in [-0.15, -0.1) is 0 Å². The van der Waals surface area contributed by atoms with Crippen LogP contribution in [0.3, 0.4) is 0 Å². The maximum Gasteiger partial charge on any atom is 0.514 e. The molecular weight excluding hydrogens is 528 g/mol. The molecule has 8 nitrogen and oxygen atoms in total. The Morgan fingerprint density at radius 1 is 0.972 bits per heavy atom. The second-order valence-corrected chi connectivity index (χ2v) is 10.9. The minimum Gasteiger partial charge on any atom is -0.444 e. The van der Waals surface area contributed by atoms with Gasteiger partial charge in [-0.2, -0.15) is 0 Å². The Balaban J connectivity index is 2.02. The molecule has 1 atom stereocenters. The number of benzene rings is 2. The smallest absolute Gasteiger partial charge is 0.444 e. The molecule has 2 aromatic rings. The summed E-state index contributed by atoms with van der Waals surface area (Å²) in [5.74, 6) is -0.0206. The fraction of sp³-hybridized carbons (Fsp3) is 0.444. The minimum absolute atomic E-state index is 0.0690. The number of ether oxygens (including phenoxy) is 3. The predicted molar refractivity (Wildman–Crippen MR) is 141 cm³/mol. The van der Waals surface area contributed by atoms with Crippen LogP contribution in [0.4, 0.5) is 9.59 Å². The molecule has 9 heteroatoms. The molecule has 0 aliphatic carbocycles. The summed E-state index contributed by atoms with van der Waals surface area (Å²) in [5.41, 5.74) is 0.448. The monoisotopic (exact) mass is 562 g/mol. The Bertz CT molecular complexity index is 1050. The SMILES string of the molecule is CCC(C)(C)NC(=O)[C@H](Cc1ccc(OC(=O)OCc2ccccc2Br)cc1)NC(=O)OC(C)(C)C. The van der Waals surface area contributed by atoms with Crippen molar-refractivity contribution >= 4 is 34.1 Å². The molecule has 0 saturated carbocycles. The zero-order valence-corrected chi connectivity index (χ0v) is 23.2. The standard InChI is InChI=1S/C27H35BrN2O6/c1-7-27(5,6)30-23(31)22(29-24(32)36-26(2,3)4)16-18-12-14-20(15-13-18)35-25(33)34-17-19-10-8-9-11-21(19)28/h8-15,22H,7,16-17H2,1-6H3,(H,29,32)(H,30,31)/t22-/m0/s1. The van der Waals surface area contributed by atoms with Gasteiger partial charge in [-0.05, 0) is 64.8 Å². The molecule has 0 spiro atoms. The number of halogens is 1. The number of carbonyl (C=O) groups is 3. The molecule has 0 bridgehead atoms. The van der Waals surface area contributed by atoms with Gasteiger partial charge >= 0.3 is 12.2 Å². The second-order valence-electron chi connectivity index (χ2n) is 10.0. The number of alkyl carbamates (subject to hydrolysis) is 1. The predicted octanol–water partition coefficient (Wildman–Crippen LogP) is 5.91. The highest BCUT2D eigenvalue weighted by Crippen LogP contribution is 2.19. The van der Waals surface area contributed by atoms with Gasteiger partial charge in [0, 0.05) is 22.0 Å². The van der Waals surface area contributed by atoms with Crippen LogP contribution in [-0.2, 0) is 27.3 Å². The van der Waals surface area contributed by atoms with Gasteiger partial charge in [0.15, 0.2) is 0 Å². The van der Waals surface area contributed by atoms with Crippen LogP contribution in [0.2, 0.25) is 0 Å². The van der Waals surface area contributed by atoms with E-state index >= 15 is 0 Å². The zero-order chi connectivity index (χ0) is 26.9. The van der Waals surface area contributed by atoms with E-state index < -0.39 is 29.4 Å². The molecule has 0 unspecified atom stereocenters. The normalized spacial score (nSPS) is 12.3. The summed E-state index contributed by atoms with van der Waals surface area (Å²) in [6.45, 7) is 11.1. The third-order valence-corrected chi connectivity index (χ3v) is 5.99. The van der Waals surface area contributed by atoms with E-state index in [4.69, 9.17) is 14.2 Å². The quantitative estimate of drug-likeness (QED) is 0.291. The van der Waals surface area contributed by atoms with Gasteiger partial charge in [-0.1, -0.05) is 53.2 Å². The molecule has 196 valence electrons. The van der Waals surface area contributed by atoms with E-state index in [0.29, 0.717) is 5.75 Å². The third kappa shape index (κ3) is 10.3. The van der Waals surface area contributed by atoms with Crippen LogP contribution in [0.1, 0.15) is 59.1 Å². The summed E-state index contributed by atoms with van der Waals surface area (Å²) in [4.78, 5) is 37.4. The van der Waals surface area contributed by atoms with Crippen molar-refractivity contribution in [3.05, 3.63) is 64.1 Å². The number of amides is 2. The average molecular weight is 563 g/mol. The van der Waals surface area contributed by atoms with E-state index in [-0.39, 0.29) is 18.9 Å². The first-order valence-electron chi connectivity index (χ1n) is 11.8. The van der Waals surface area contributed by atoms with Gasteiger partial charge in [0.2, 0.25) is 5.91 Å². The van der Waals surface area contributed by atoms with E-state index in [1.54, 1.807) is 45.0 Å². The van der Waals surface area contributed by atoms with E-state index in [9.17, 15) is 14.4 Å². The van der Waals surface area contributed by atoms with Crippen molar-refractivity contribution in [3.63, 3.8) is 0 Å². The molecule has 2 amide bonds. The summed E-state index contributed by atoms with van der Waals surface area (Å²) < 4.78 is 16.6. The van der Waals surface area contributed by atoms with Gasteiger partial charge in [0.1, 0.15) is 24.0 Å². The lowest BCUT2D eigenvalue weighted by Crippen LogP contribution is -2.54. The summed E-state index contributed by atoms with van der Waals surface area (Å²) in [6.07, 6.45) is -0.562. The maximum absolute atomic E-state index is 13.0. The molecule has 0 fully saturated rings. The van der Waals surface area contributed by atoms with Crippen molar-refractivity contribution in [3.8, 4) is 5.75 Å². The van der Waals surface area contributed by atoms with E-state index in [0.717, 1.165) is 22.0 Å². The van der Waals surface area contributed by atoms with E-state index in [1.807, 2.05) is 45.0 Å². The summed E-state index contributed by atoms with van der Waals surface area (Å²) in [6, 6.07) is 13.2. The average Bonchev–Trinajstić information content (AvgIpc) is 2.78. The largest absolute Gasteiger partial charge is 0.514 e. The van der Waals surface area contributed by atoms with Crippen LogP contribution in [0.15, 0.2) is 53.0 Å². The van der Waals surface area contributed by atoms with Crippen LogP contribution in [0.25, 0.3) is 0 Å². The molecule has 0 aliphatic heterocycles. The van der Waals surface area contributed by atoms with Crippen LogP contribution < -0.4 is 15.4 Å². The van der Waals surface area contributed by atoms with E-state index in [2.05, 4.69) is 26.6 Å². The Morgan fingerprint density at radius 3 is 2.19 bits per heavy atom. The Kier molecular flexibility index (Phi) is 10.3. The van der Waals surface area contributed by atoms with Crippen LogP contribution in [-0.4, -0.2) is 35.3 Å². The lowest BCUT2D eigenvalue weighted by molar-refractivity contribution is -0.124. The molecule has 0 radical (unpaired) electrons. The fourth-order valence-electron chi connectivity index (χ4n) is 2.98. The molecule has 0 aromatic heterocycles. The van der Waals surface area contributed by atoms with Crippen LogP contribution in [0.5, 0.6) is 5.75 Å². The van der Waals surface area contributed by atoms with Crippen LogP contribution >= 0.6 is 15.9 Å². The van der Waals surface area contributed by atoms with Crippen molar-refractivity contribution in [1.29, 1.82) is 0 Å². The fourth-order valence-corrected chi connectivity index (χ4v) is 3.37. The van der Waals surface area contributed by atoms with E-state index in [1.165, 1.54) is 0 Å². The lowest BCUT2D eigenvalue weighted by Gasteiger charge is -2.29. The number of hydrogen-bond donors (Lipinski definition) is 2. The molecule has 0 saturated heterocycles. The van der Waals surface area contributed by atoms with Gasteiger partial charge in [-0.3, -0.25) is 4.79 Å². The highest BCUT2D eigenvalue weighted by atomic mass is 79.9. The van der Waals surface area contributed by atoms with Crippen molar-refractivity contribution in [2.24, 2.45) is 0 Å². The highest BCUT2D eigenvalue weighted by molar-refractivity contribution is 9.10. The van der Waals surface area contributed by atoms with Crippen molar-refractivity contribution in [2.45, 2.75) is 78.2 Å². The summed E-state index contributed by atoms with van der Waals surface area (Å²) >= 11 is 3.41. The van der Waals surface area contributed by atoms with Gasteiger partial charge in [0.25, 0.3) is 0 Å². The van der Waals surface area contributed by atoms with Crippen molar-refractivity contribution in [2.75, 3.05) is 0 Å². The Morgan fingerprint density at radius 2 is 1.61 bits per heavy atom. The maximum atomic E-state index is 13.0. The summed E-state index contributed by atoms with van der Waals surface area (Å²) in [7, 11) is 0. The second kappa shape index (κ2) is 12.8. The Labute approximate surface area is 221 Å². The third-order valence-electron chi connectivity index (χ3n) is 5.22. The van der Waals surface area contributed by atoms with Crippen LogP contribution in [0, 0.1) is 0 Å². The first kappa shape index (κ1) is 29.2. The first-order chi connectivity index (χ1) is 16.8. The Hall–Kier alpha value is -3.07. The topological polar surface area (TPSA) is 103 Å². The molecule has 0 aliphatic rings. The first-order valence-corrected chi connectivity index (χ1v) is 12.6. The zero-order valence-electron chi connectivity index (χ0n) is 21.6. The molecular formula is C27H35BrN2O6. The van der Waals surface area contributed by atoms with Gasteiger partial charge in [0.05, 0.1) is 0 Å². The number of carbonyl (C=O) groups excluding carboxylic acids is 3. The molecule has 2 aromatic carbocycles. The molecule has 0 heterocycles. The van der Waals surface area contributed by atoms with Gasteiger partial charge < -0.3 is 24.8 Å². The summed E-state index contributed by atoms with van der Waals surface area (Å²) in [5, 5.41) is 5.63. The molecule has 2 N–H and O–H groups in total. The van der Waals surface area contributed by atoms with Crippen molar-refractivity contribution < 1.29 is 28.6 Å². The lowest BCUT2D eigenvalue weighted by atomic mass is 9.99. The minimum atomic E-state index is -0.855. The molecule has 2 rings (SSSR count). The number of hydrogen-bond acceptors (Lipinski definition) is 6.